The highest BCUT2D eigenvalue weighted by atomic mass is 16.7. The maximum Gasteiger partial charge on any atom is 0.184 e. The minimum absolute atomic E-state index is 0.241. The molecule has 1 aliphatic heterocycles. The van der Waals surface area contributed by atoms with Gasteiger partial charge in [0.25, 0.3) is 0 Å². The van der Waals surface area contributed by atoms with Crippen molar-refractivity contribution in [1.82, 2.24) is 0 Å². The summed E-state index contributed by atoms with van der Waals surface area (Å²) < 4.78 is 11.3. The van der Waals surface area contributed by atoms with E-state index in [1.54, 1.807) is 0 Å². The molecule has 1 aliphatic rings. The van der Waals surface area contributed by atoms with Crippen molar-refractivity contribution in [3.8, 4) is 11.8 Å². The van der Waals surface area contributed by atoms with Crippen LogP contribution in [0.1, 0.15) is 62.9 Å². The Morgan fingerprint density at radius 2 is 1.90 bits per heavy atom. The van der Waals surface area contributed by atoms with Crippen molar-refractivity contribution in [2.45, 2.75) is 51.7 Å². The Morgan fingerprint density at radius 3 is 2.70 bits per heavy atom. The van der Waals surface area contributed by atoms with Crippen LogP contribution in [-0.2, 0) is 9.47 Å². The van der Waals surface area contributed by atoms with Crippen molar-refractivity contribution in [3.63, 3.8) is 0 Å². The van der Waals surface area contributed by atoms with Crippen molar-refractivity contribution < 1.29 is 9.47 Å². The van der Waals surface area contributed by atoms with Crippen LogP contribution in [0, 0.1) is 11.8 Å². The average molecular weight is 272 g/mol. The van der Waals surface area contributed by atoms with Crippen molar-refractivity contribution in [1.29, 1.82) is 0 Å². The summed E-state index contributed by atoms with van der Waals surface area (Å²) in [5.41, 5.74) is 2.10. The third kappa shape index (κ3) is 4.67. The number of benzene rings is 1. The van der Waals surface area contributed by atoms with Crippen LogP contribution in [0.4, 0.5) is 0 Å². The van der Waals surface area contributed by atoms with Crippen LogP contribution in [0.15, 0.2) is 24.3 Å². The summed E-state index contributed by atoms with van der Waals surface area (Å²) in [6.07, 6.45) is 6.76. The third-order valence-electron chi connectivity index (χ3n) is 3.42. The number of ether oxygens (including phenoxy) is 2. The fourth-order valence-electron chi connectivity index (χ4n) is 2.28. The lowest BCUT2D eigenvalue weighted by Gasteiger charge is -2.24. The molecule has 0 amide bonds. The Morgan fingerprint density at radius 1 is 1.10 bits per heavy atom. The highest BCUT2D eigenvalue weighted by molar-refractivity contribution is 5.42. The molecule has 2 nitrogen and oxygen atoms in total. The molecular weight excluding hydrogens is 248 g/mol. The van der Waals surface area contributed by atoms with Crippen LogP contribution < -0.4 is 0 Å². The van der Waals surface area contributed by atoms with Crippen LogP contribution in [-0.4, -0.2) is 13.2 Å². The first-order chi connectivity index (χ1) is 9.92. The smallest absolute Gasteiger partial charge is 0.184 e. The molecule has 0 saturated carbocycles. The highest BCUT2D eigenvalue weighted by Crippen LogP contribution is 2.25. The molecule has 2 heteroatoms. The minimum atomic E-state index is -0.241. The van der Waals surface area contributed by atoms with Gasteiger partial charge in [0.05, 0.1) is 13.2 Å². The quantitative estimate of drug-likeness (QED) is 0.582. The van der Waals surface area contributed by atoms with E-state index in [-0.39, 0.29) is 6.29 Å². The van der Waals surface area contributed by atoms with Gasteiger partial charge in [-0.05, 0) is 18.9 Å². The van der Waals surface area contributed by atoms with Crippen LogP contribution >= 0.6 is 0 Å². The molecular formula is C18H24O2. The largest absolute Gasteiger partial charge is 0.348 e. The zero-order valence-corrected chi connectivity index (χ0v) is 12.4. The summed E-state index contributed by atoms with van der Waals surface area (Å²) in [5, 5.41) is 0. The predicted octanol–water partition coefficient (Wildman–Crippen LogP) is 4.44. The fraction of sp³-hybridized carbons (Fsp3) is 0.556. The van der Waals surface area contributed by atoms with Crippen molar-refractivity contribution >= 4 is 0 Å². The second-order valence-corrected chi connectivity index (χ2v) is 5.13. The van der Waals surface area contributed by atoms with E-state index in [0.717, 1.165) is 37.2 Å². The second kappa shape index (κ2) is 8.79. The van der Waals surface area contributed by atoms with Gasteiger partial charge >= 0.3 is 0 Å². The van der Waals surface area contributed by atoms with E-state index in [0.29, 0.717) is 0 Å². The van der Waals surface area contributed by atoms with Crippen LogP contribution in [0.2, 0.25) is 0 Å². The van der Waals surface area contributed by atoms with Gasteiger partial charge in [0.15, 0.2) is 6.29 Å². The number of hydrogen-bond donors (Lipinski definition) is 0. The summed E-state index contributed by atoms with van der Waals surface area (Å²) >= 11 is 0. The van der Waals surface area contributed by atoms with Gasteiger partial charge in [-0.25, -0.2) is 0 Å². The Bertz CT molecular complexity index is 450. The zero-order chi connectivity index (χ0) is 14.0. The SMILES string of the molecule is CCCCCCC#Cc1ccccc1C1OCCCO1. The molecule has 0 N–H and O–H groups in total. The van der Waals surface area contributed by atoms with E-state index in [9.17, 15) is 0 Å². The highest BCUT2D eigenvalue weighted by Gasteiger charge is 2.18. The van der Waals surface area contributed by atoms with Gasteiger partial charge in [-0.3, -0.25) is 0 Å². The Kier molecular flexibility index (Phi) is 6.63. The van der Waals surface area contributed by atoms with Gasteiger partial charge in [-0.15, -0.1) is 0 Å². The summed E-state index contributed by atoms with van der Waals surface area (Å²) in [6, 6.07) is 8.14. The molecule has 2 rings (SSSR count). The molecule has 1 fully saturated rings. The maximum atomic E-state index is 5.67. The van der Waals surface area contributed by atoms with Gasteiger partial charge in [0, 0.05) is 17.5 Å². The Hall–Kier alpha value is -1.30. The lowest BCUT2D eigenvalue weighted by molar-refractivity contribution is -0.183. The second-order valence-electron chi connectivity index (χ2n) is 5.13. The first kappa shape index (κ1) is 15.1. The van der Waals surface area contributed by atoms with Crippen LogP contribution in [0.3, 0.4) is 0 Å². The average Bonchev–Trinajstić information content (AvgIpc) is 2.52. The molecule has 1 saturated heterocycles. The molecule has 1 aromatic rings. The molecule has 0 spiro atoms. The normalized spacial score (nSPS) is 15.7. The van der Waals surface area contributed by atoms with Crippen LogP contribution in [0.25, 0.3) is 0 Å². The number of rotatable bonds is 5. The van der Waals surface area contributed by atoms with Gasteiger partial charge in [0.1, 0.15) is 0 Å². The Labute approximate surface area is 122 Å². The van der Waals surface area contributed by atoms with E-state index < -0.39 is 0 Å². The molecule has 0 atom stereocenters. The molecule has 0 radical (unpaired) electrons. The Balaban J connectivity index is 1.95. The van der Waals surface area contributed by atoms with Gasteiger partial charge in [-0.1, -0.05) is 56.2 Å². The van der Waals surface area contributed by atoms with E-state index in [1.807, 2.05) is 12.1 Å². The van der Waals surface area contributed by atoms with E-state index >= 15 is 0 Å². The summed E-state index contributed by atoms with van der Waals surface area (Å²) in [6.45, 7) is 3.76. The standard InChI is InChI=1S/C18H24O2/c1-2-3-4-5-6-7-11-16-12-8-9-13-17(16)18-19-14-10-15-20-18/h8-9,12-13,18H,2-6,10,14-15H2,1H3. The zero-order valence-electron chi connectivity index (χ0n) is 12.4. The molecule has 1 aromatic carbocycles. The summed E-state index contributed by atoms with van der Waals surface area (Å²) in [4.78, 5) is 0. The van der Waals surface area contributed by atoms with E-state index in [1.165, 1.54) is 25.7 Å². The molecule has 108 valence electrons. The fourth-order valence-corrected chi connectivity index (χ4v) is 2.28. The first-order valence-electron chi connectivity index (χ1n) is 7.73. The van der Waals surface area contributed by atoms with Gasteiger partial charge < -0.3 is 9.47 Å². The molecule has 0 aliphatic carbocycles. The lowest BCUT2D eigenvalue weighted by Crippen LogP contribution is -2.18. The summed E-state index contributed by atoms with van der Waals surface area (Å²) in [5.74, 6) is 6.56. The predicted molar refractivity (Wildman–Crippen MR) is 81.3 cm³/mol. The third-order valence-corrected chi connectivity index (χ3v) is 3.42. The molecule has 0 aromatic heterocycles. The number of unbranched alkanes of at least 4 members (excludes halogenated alkanes) is 4. The van der Waals surface area contributed by atoms with E-state index in [4.69, 9.17) is 9.47 Å². The van der Waals surface area contributed by atoms with Crippen molar-refractivity contribution in [3.05, 3.63) is 35.4 Å². The first-order valence-corrected chi connectivity index (χ1v) is 7.73. The molecule has 0 unspecified atom stereocenters. The van der Waals surface area contributed by atoms with E-state index in [2.05, 4.69) is 30.9 Å². The van der Waals surface area contributed by atoms with Crippen molar-refractivity contribution in [2.24, 2.45) is 0 Å². The maximum absolute atomic E-state index is 5.67. The molecule has 0 bridgehead atoms. The van der Waals surface area contributed by atoms with Gasteiger partial charge in [0.2, 0.25) is 0 Å². The van der Waals surface area contributed by atoms with Crippen molar-refractivity contribution in [2.75, 3.05) is 13.2 Å². The number of hydrogen-bond acceptors (Lipinski definition) is 2. The lowest BCUT2D eigenvalue weighted by atomic mass is 10.1. The van der Waals surface area contributed by atoms with Gasteiger partial charge in [-0.2, -0.15) is 0 Å². The monoisotopic (exact) mass is 272 g/mol. The minimum Gasteiger partial charge on any atom is -0.348 e. The molecule has 1 heterocycles. The van der Waals surface area contributed by atoms with Crippen LogP contribution in [0.5, 0.6) is 0 Å². The topological polar surface area (TPSA) is 18.5 Å². The summed E-state index contributed by atoms with van der Waals surface area (Å²) in [7, 11) is 0. The molecule has 20 heavy (non-hydrogen) atoms.